The van der Waals surface area contributed by atoms with E-state index >= 15 is 0 Å². The first-order valence-corrected chi connectivity index (χ1v) is 20.4. The Morgan fingerprint density at radius 2 is 0.714 bits per heavy atom. The van der Waals surface area contributed by atoms with Crippen molar-refractivity contribution in [2.75, 3.05) is 42.7 Å². The monoisotopic (exact) mass is 882 g/mol. The second kappa shape index (κ2) is 22.7. The SMILES string of the molecule is COc1cc2c(c(OC)c1)C(=O)O[C@H](C)CC(=O)O[C@H](C)Cc1cc(OC)cc(OC)c1C(=O)O[C@H](C)CC(=O)O[C@H](C)Cc1cc(OC)cc(OC)c1C(=O)O[C@H](C)C[C@@H](O)C2. The standard InChI is InChI=1S/C46H58O17/c1-24-12-29-18-33(53-6)21-36(56-9)41(29)44(50)61-26(3)14-32(47)17-31-20-35(55-8)23-38(58-11)43(31)46(52)63-28(5)16-40(49)60-25(2)13-30-19-34(54-7)22-37(57-10)42(30)45(51)62-27(4)15-39(48)59-24/h18-28,32,47H,12-17H2,1-11H3/t24-,25-,26-,27-,28-,32-/m1/s1. The van der Waals surface area contributed by atoms with E-state index in [2.05, 4.69) is 0 Å². The number of aliphatic hydroxyl groups is 1. The van der Waals surface area contributed by atoms with Crippen LogP contribution in [-0.2, 0) is 52.5 Å². The van der Waals surface area contributed by atoms with E-state index in [4.69, 9.17) is 52.1 Å². The van der Waals surface area contributed by atoms with Crippen molar-refractivity contribution in [1.82, 2.24) is 0 Å². The molecule has 17 nitrogen and oxygen atoms in total. The van der Waals surface area contributed by atoms with E-state index in [-0.39, 0.29) is 72.5 Å². The fraction of sp³-hybridized carbons (Fsp3) is 0.500. The lowest BCUT2D eigenvalue weighted by Gasteiger charge is -2.23. The topological polar surface area (TPSA) is 207 Å². The molecular formula is C46H58O17. The highest BCUT2D eigenvalue weighted by Crippen LogP contribution is 2.35. The number of carbonyl (C=O) groups excluding carboxylic acids is 5. The second-order valence-corrected chi connectivity index (χ2v) is 15.3. The van der Waals surface area contributed by atoms with Crippen LogP contribution < -0.4 is 28.4 Å². The summed E-state index contributed by atoms with van der Waals surface area (Å²) in [5, 5.41) is 11.3. The number of hydrogen-bond donors (Lipinski definition) is 1. The minimum absolute atomic E-state index is 0.00752. The largest absolute Gasteiger partial charge is 0.497 e. The van der Waals surface area contributed by atoms with Crippen molar-refractivity contribution in [2.45, 2.75) is 110 Å². The summed E-state index contributed by atoms with van der Waals surface area (Å²) in [7, 11) is 8.43. The fourth-order valence-corrected chi connectivity index (χ4v) is 7.24. The highest BCUT2D eigenvalue weighted by Gasteiger charge is 2.30. The zero-order chi connectivity index (χ0) is 46.5. The minimum atomic E-state index is -1.15. The highest BCUT2D eigenvalue weighted by molar-refractivity contribution is 5.96. The van der Waals surface area contributed by atoms with Crippen molar-refractivity contribution < 1.29 is 81.2 Å². The van der Waals surface area contributed by atoms with Gasteiger partial charge in [-0.15, -0.1) is 0 Å². The molecule has 0 saturated heterocycles. The van der Waals surface area contributed by atoms with Crippen molar-refractivity contribution >= 4 is 29.8 Å². The first kappa shape index (κ1) is 49.4. The first-order chi connectivity index (χ1) is 29.9. The van der Waals surface area contributed by atoms with Crippen LogP contribution in [0.25, 0.3) is 0 Å². The molecule has 6 atom stereocenters. The van der Waals surface area contributed by atoms with Crippen LogP contribution in [0.3, 0.4) is 0 Å². The number of hydrogen-bond acceptors (Lipinski definition) is 17. The molecule has 0 unspecified atom stereocenters. The third kappa shape index (κ3) is 13.4. The molecule has 0 amide bonds. The van der Waals surface area contributed by atoms with Gasteiger partial charge in [-0.2, -0.15) is 0 Å². The van der Waals surface area contributed by atoms with Crippen molar-refractivity contribution in [3.05, 3.63) is 69.8 Å². The number of ether oxygens (including phenoxy) is 11. The maximum absolute atomic E-state index is 13.9. The molecule has 0 radical (unpaired) electrons. The molecule has 1 N–H and O–H groups in total. The number of esters is 5. The average Bonchev–Trinajstić information content (AvgIpc) is 3.21. The lowest BCUT2D eigenvalue weighted by molar-refractivity contribution is -0.151. The van der Waals surface area contributed by atoms with Gasteiger partial charge in [0.2, 0.25) is 0 Å². The summed E-state index contributed by atoms with van der Waals surface area (Å²) >= 11 is 0. The van der Waals surface area contributed by atoms with Gasteiger partial charge in [-0.1, -0.05) is 0 Å². The molecule has 0 spiro atoms. The molecule has 1 aliphatic rings. The zero-order valence-electron chi connectivity index (χ0n) is 37.7. The number of aliphatic hydroxyl groups excluding tert-OH is 1. The van der Waals surface area contributed by atoms with E-state index in [0.717, 1.165) is 0 Å². The van der Waals surface area contributed by atoms with Gasteiger partial charge in [0.1, 0.15) is 81.7 Å². The van der Waals surface area contributed by atoms with E-state index < -0.39 is 66.5 Å². The second-order valence-electron chi connectivity index (χ2n) is 15.3. The molecule has 0 saturated carbocycles. The van der Waals surface area contributed by atoms with Gasteiger partial charge in [0.25, 0.3) is 0 Å². The molecule has 17 heteroatoms. The predicted molar refractivity (Wildman–Crippen MR) is 225 cm³/mol. The van der Waals surface area contributed by atoms with Gasteiger partial charge in [-0.3, -0.25) is 9.59 Å². The number of rotatable bonds is 6. The van der Waals surface area contributed by atoms with Crippen molar-refractivity contribution in [1.29, 1.82) is 0 Å². The van der Waals surface area contributed by atoms with Crippen LogP contribution in [0.2, 0.25) is 0 Å². The Morgan fingerprint density at radius 3 is 1.03 bits per heavy atom. The van der Waals surface area contributed by atoms with E-state index in [1.165, 1.54) is 74.7 Å². The highest BCUT2D eigenvalue weighted by atomic mass is 16.6. The van der Waals surface area contributed by atoms with E-state index in [1.54, 1.807) is 39.0 Å². The van der Waals surface area contributed by atoms with Crippen LogP contribution >= 0.6 is 0 Å². The number of fused-ring (bicyclic) bond motifs is 3. The number of cyclic esters (lactones) is 5. The third-order valence-corrected chi connectivity index (χ3v) is 10.0. The van der Waals surface area contributed by atoms with Gasteiger partial charge in [0.15, 0.2) is 0 Å². The Kier molecular flexibility index (Phi) is 17.8. The van der Waals surface area contributed by atoms with Crippen LogP contribution in [-0.4, -0.2) is 114 Å². The molecule has 4 rings (SSSR count). The van der Waals surface area contributed by atoms with Crippen molar-refractivity contribution in [2.24, 2.45) is 0 Å². The molecule has 0 bridgehead atoms. The smallest absolute Gasteiger partial charge is 0.342 e. The lowest BCUT2D eigenvalue weighted by Crippen LogP contribution is -2.27. The van der Waals surface area contributed by atoms with Gasteiger partial charge in [-0.05, 0) is 75.9 Å². The summed E-state index contributed by atoms with van der Waals surface area (Å²) in [6.07, 6.45) is -6.33. The van der Waals surface area contributed by atoms with Gasteiger partial charge in [0, 0.05) is 37.5 Å². The van der Waals surface area contributed by atoms with Crippen molar-refractivity contribution in [3.63, 3.8) is 0 Å². The van der Waals surface area contributed by atoms with Crippen molar-refractivity contribution in [3.8, 4) is 34.5 Å². The molecule has 1 heterocycles. The van der Waals surface area contributed by atoms with Crippen LogP contribution in [0.15, 0.2) is 36.4 Å². The van der Waals surface area contributed by atoms with E-state index in [0.29, 0.717) is 33.9 Å². The summed E-state index contributed by atoms with van der Waals surface area (Å²) in [6, 6.07) is 9.24. The Morgan fingerprint density at radius 1 is 0.413 bits per heavy atom. The lowest BCUT2D eigenvalue weighted by atomic mass is 9.97. The van der Waals surface area contributed by atoms with Gasteiger partial charge in [-0.25, -0.2) is 14.4 Å². The summed E-state index contributed by atoms with van der Waals surface area (Å²) < 4.78 is 61.6. The molecule has 344 valence electrons. The maximum Gasteiger partial charge on any atom is 0.342 e. The number of benzene rings is 3. The molecule has 1 aliphatic heterocycles. The van der Waals surface area contributed by atoms with E-state index in [1.807, 2.05) is 0 Å². The zero-order valence-corrected chi connectivity index (χ0v) is 37.7. The quantitative estimate of drug-likeness (QED) is 0.229. The summed E-state index contributed by atoms with van der Waals surface area (Å²) in [6.45, 7) is 7.91. The summed E-state index contributed by atoms with van der Waals surface area (Å²) in [5.41, 5.74) is 1.13. The Hall–Kier alpha value is -6.23. The number of methoxy groups -OCH3 is 6. The maximum atomic E-state index is 13.9. The molecular weight excluding hydrogens is 824 g/mol. The predicted octanol–water partition coefficient (Wildman–Crippen LogP) is 5.81. The van der Waals surface area contributed by atoms with Crippen LogP contribution in [0.5, 0.6) is 34.5 Å². The summed E-state index contributed by atoms with van der Waals surface area (Å²) in [4.78, 5) is 67.9. The molecule has 0 aliphatic carbocycles. The third-order valence-electron chi connectivity index (χ3n) is 10.0. The first-order valence-electron chi connectivity index (χ1n) is 20.4. The normalized spacial score (nSPS) is 22.4. The van der Waals surface area contributed by atoms with Crippen LogP contribution in [0.1, 0.15) is 102 Å². The number of carbonyl (C=O) groups is 5. The minimum Gasteiger partial charge on any atom is -0.497 e. The van der Waals surface area contributed by atoms with Crippen LogP contribution in [0.4, 0.5) is 0 Å². The fourth-order valence-electron chi connectivity index (χ4n) is 7.24. The van der Waals surface area contributed by atoms with Crippen LogP contribution in [0, 0.1) is 0 Å². The van der Waals surface area contributed by atoms with Gasteiger partial charge >= 0.3 is 29.8 Å². The Bertz CT molecular complexity index is 2110. The Balaban J connectivity index is 1.74. The van der Waals surface area contributed by atoms with Gasteiger partial charge in [0.05, 0.1) is 61.6 Å². The molecule has 0 aromatic heterocycles. The summed E-state index contributed by atoms with van der Waals surface area (Å²) in [5.74, 6) is -2.40. The molecule has 63 heavy (non-hydrogen) atoms. The Labute approximate surface area is 367 Å². The van der Waals surface area contributed by atoms with Gasteiger partial charge < -0.3 is 57.2 Å². The molecule has 3 aromatic carbocycles. The molecule has 0 fully saturated rings. The molecule has 3 aromatic rings. The van der Waals surface area contributed by atoms with E-state index in [9.17, 15) is 29.1 Å². The average molecular weight is 883 g/mol.